The zero-order valence-corrected chi connectivity index (χ0v) is 35.2. The summed E-state index contributed by atoms with van der Waals surface area (Å²) in [6.07, 6.45) is 1.35. The van der Waals surface area contributed by atoms with Gasteiger partial charge < -0.3 is 0 Å². The third kappa shape index (κ3) is 7.73. The Morgan fingerprint density at radius 2 is 1.51 bits per heavy atom. The fraction of sp³-hybridized carbons (Fsp3) is 0.200. The molecule has 0 unspecified atom stereocenters. The standard InChI is InChI=1S/C30H23FNS.C15H18GeN.Ir/c1-30(2,3)16-20-15-26(32-17-25(20)31)24-14-19-9-5-6-10-21(19)27-23-13-12-18-8-4-7-11-22(18)28(23)33-29(24)27;1-12-10-15(13-8-6-5-7-9-13)17-11-14(12)16(2,3)4;/h4-13,15,17H,16H2,1-3H3;5-8,10-11H,1-4H3;/q2*-1;/i16D2;;. The molecule has 0 N–H and O–H groups in total. The molecule has 51 heavy (non-hydrogen) atoms. The summed E-state index contributed by atoms with van der Waals surface area (Å²) >= 11 is -0.0808. The molecule has 0 aliphatic carbocycles. The van der Waals surface area contributed by atoms with Gasteiger partial charge >= 0.3 is 106 Å². The van der Waals surface area contributed by atoms with Crippen molar-refractivity contribution in [2.45, 2.75) is 51.3 Å². The molecule has 0 saturated heterocycles. The minimum absolute atomic E-state index is 0. The van der Waals surface area contributed by atoms with Crippen LogP contribution in [0.2, 0.25) is 17.3 Å². The van der Waals surface area contributed by atoms with E-state index in [1.165, 1.54) is 30.8 Å². The van der Waals surface area contributed by atoms with Crippen LogP contribution in [0.5, 0.6) is 0 Å². The van der Waals surface area contributed by atoms with Crippen LogP contribution >= 0.6 is 11.3 Å². The summed E-state index contributed by atoms with van der Waals surface area (Å²) in [6.45, 7) is 7.54. The molecule has 0 aliphatic rings. The zero-order chi connectivity index (χ0) is 37.0. The van der Waals surface area contributed by atoms with Gasteiger partial charge in [0, 0.05) is 33.2 Å². The van der Waals surface area contributed by atoms with E-state index in [1.54, 1.807) is 38.2 Å². The summed E-state index contributed by atoms with van der Waals surface area (Å²) in [4.78, 5) is 9.02. The Hall–Kier alpha value is -3.74. The van der Waals surface area contributed by atoms with Crippen molar-refractivity contribution >= 4 is 70.7 Å². The molecule has 2 nitrogen and oxygen atoms in total. The molecule has 8 aromatic rings. The number of rotatable bonds is 4. The minimum Gasteiger partial charge on any atom is -0.292 e. The van der Waals surface area contributed by atoms with Crippen molar-refractivity contribution < 1.29 is 27.2 Å². The van der Waals surface area contributed by atoms with Crippen molar-refractivity contribution in [1.29, 1.82) is 0 Å². The monoisotopic (exact) mass is 929 g/mol. The van der Waals surface area contributed by atoms with Gasteiger partial charge in [-0.3, -0.25) is 4.98 Å². The average molecular weight is 928 g/mol. The second kappa shape index (κ2) is 14.7. The maximum absolute atomic E-state index is 14.9. The normalized spacial score (nSPS) is 12.7. The van der Waals surface area contributed by atoms with Crippen molar-refractivity contribution in [1.82, 2.24) is 9.97 Å². The molecule has 5 aromatic carbocycles. The van der Waals surface area contributed by atoms with Gasteiger partial charge in [0.1, 0.15) is 5.82 Å². The van der Waals surface area contributed by atoms with Gasteiger partial charge in [-0.15, -0.1) is 17.5 Å². The molecular weight excluding hydrogens is 884 g/mol. The van der Waals surface area contributed by atoms with Gasteiger partial charge in [0.25, 0.3) is 0 Å². The summed E-state index contributed by atoms with van der Waals surface area (Å²) in [7, 11) is 0. The number of pyridine rings is 2. The second-order valence-corrected chi connectivity index (χ2v) is 26.4. The maximum atomic E-state index is 14.9. The first kappa shape index (κ1) is 34.4. The Labute approximate surface area is 323 Å². The largest absolute Gasteiger partial charge is 0.292 e. The fourth-order valence-corrected chi connectivity index (χ4v) is 11.5. The predicted molar refractivity (Wildman–Crippen MR) is 216 cm³/mol. The Bertz CT molecular complexity index is 2610. The van der Waals surface area contributed by atoms with Crippen molar-refractivity contribution in [2.75, 3.05) is 0 Å². The van der Waals surface area contributed by atoms with Gasteiger partial charge in [0.2, 0.25) is 0 Å². The van der Waals surface area contributed by atoms with Crippen LogP contribution < -0.4 is 4.40 Å². The Morgan fingerprint density at radius 1 is 0.804 bits per heavy atom. The molecule has 6 heteroatoms. The first-order chi connectivity index (χ1) is 24.6. The average Bonchev–Trinajstić information content (AvgIpc) is 3.52. The molecule has 0 spiro atoms. The fourth-order valence-electron chi connectivity index (χ4n) is 6.57. The van der Waals surface area contributed by atoms with E-state index in [0.717, 1.165) is 43.9 Å². The first-order valence-corrected chi connectivity index (χ1v) is 25.1. The number of halogens is 1. The van der Waals surface area contributed by atoms with Gasteiger partial charge in [0.15, 0.2) is 0 Å². The van der Waals surface area contributed by atoms with Crippen LogP contribution in [-0.2, 0) is 26.5 Å². The number of hydrogen-bond acceptors (Lipinski definition) is 3. The van der Waals surface area contributed by atoms with E-state index in [0.29, 0.717) is 5.69 Å². The summed E-state index contributed by atoms with van der Waals surface area (Å²) in [6, 6.07) is 39.4. The smallest absolute Gasteiger partial charge is 0.143 e. The zero-order valence-electron chi connectivity index (χ0n) is 31.9. The van der Waals surface area contributed by atoms with Crippen molar-refractivity contribution in [3.05, 3.63) is 139 Å². The van der Waals surface area contributed by atoms with Gasteiger partial charge in [-0.2, -0.15) is 11.3 Å². The van der Waals surface area contributed by atoms with E-state index in [1.807, 2.05) is 42.5 Å². The molecule has 0 bridgehead atoms. The molecule has 8 rings (SSSR count). The molecule has 0 saturated carbocycles. The summed E-state index contributed by atoms with van der Waals surface area (Å²) < 4.78 is 36.0. The van der Waals surface area contributed by atoms with Crippen molar-refractivity contribution in [3.8, 4) is 22.5 Å². The van der Waals surface area contributed by atoms with Crippen molar-refractivity contribution in [2.24, 2.45) is 5.41 Å². The van der Waals surface area contributed by atoms with Gasteiger partial charge in [-0.25, -0.2) is 4.39 Å². The quantitative estimate of drug-likeness (QED) is 0.130. The minimum atomic E-state index is -1.87. The Morgan fingerprint density at radius 3 is 2.22 bits per heavy atom. The van der Waals surface area contributed by atoms with E-state index in [-0.39, 0.29) is 25.7 Å². The van der Waals surface area contributed by atoms with E-state index in [4.69, 9.17) is 2.74 Å². The Kier molecular flexibility index (Phi) is 9.91. The number of aryl methyl sites for hydroxylation is 1. The van der Waals surface area contributed by atoms with Gasteiger partial charge in [-0.05, 0) is 38.2 Å². The summed E-state index contributed by atoms with van der Waals surface area (Å²) in [5.41, 5.74) is 4.01. The van der Waals surface area contributed by atoms with E-state index in [9.17, 15) is 4.39 Å². The van der Waals surface area contributed by atoms with Crippen LogP contribution in [0.15, 0.2) is 109 Å². The summed E-state index contributed by atoms with van der Waals surface area (Å²) in [5, 5.41) is 6.74. The number of hydrogen-bond donors (Lipinski definition) is 0. The van der Waals surface area contributed by atoms with Gasteiger partial charge in [0.05, 0.1) is 6.20 Å². The molecule has 3 aromatic heterocycles. The third-order valence-electron chi connectivity index (χ3n) is 8.79. The molecule has 0 fully saturated rings. The van der Waals surface area contributed by atoms with Gasteiger partial charge in [-0.1, -0.05) is 97.8 Å². The number of benzene rings is 5. The SMILES string of the molecule is Cc1cc(-c2[c-]cccc2)nc[c]1[Ge]([CH3])([CH3])[CH3].[2H]C([2H])(c1cc(-c2[c-]c3ccccc3c3c2sc2c4ccccc4ccc23)ncc1F)C(C)(C)C.[Ir]. The third-order valence-corrected chi connectivity index (χ3v) is 14.5. The van der Waals surface area contributed by atoms with Crippen molar-refractivity contribution in [3.63, 3.8) is 0 Å². The second-order valence-electron chi connectivity index (χ2n) is 14.9. The van der Waals surface area contributed by atoms with Crippen LogP contribution in [0.25, 0.3) is 64.2 Å². The molecule has 3 heterocycles. The van der Waals surface area contributed by atoms with Crippen LogP contribution in [0, 0.1) is 30.3 Å². The number of fused-ring (bicyclic) bond motifs is 7. The van der Waals surface area contributed by atoms with Crippen LogP contribution in [0.4, 0.5) is 4.39 Å². The molecule has 0 amide bonds. The molecular formula is C45H41FGeIrN2S-2. The summed E-state index contributed by atoms with van der Waals surface area (Å²) in [5.74, 6) is 6.57. The molecule has 1 radical (unpaired) electrons. The van der Waals surface area contributed by atoms with E-state index in [2.05, 4.69) is 101 Å². The Balaban J connectivity index is 0.000000226. The molecule has 259 valence electrons. The topological polar surface area (TPSA) is 25.8 Å². The molecule has 0 aliphatic heterocycles. The molecule has 0 atom stereocenters. The van der Waals surface area contributed by atoms with E-state index >= 15 is 0 Å². The first-order valence-electron chi connectivity index (χ1n) is 17.9. The number of nitrogens with zero attached hydrogens (tertiary/aromatic N) is 2. The number of thiophene rings is 1. The van der Waals surface area contributed by atoms with Crippen LogP contribution in [0.3, 0.4) is 0 Å². The van der Waals surface area contributed by atoms with E-state index < -0.39 is 30.9 Å². The maximum Gasteiger partial charge on any atom is 0.143 e. The number of aromatic nitrogens is 2. The van der Waals surface area contributed by atoms with Crippen LogP contribution in [-0.4, -0.2) is 23.2 Å². The van der Waals surface area contributed by atoms with Crippen LogP contribution in [0.1, 0.15) is 34.6 Å². The predicted octanol–water partition coefficient (Wildman–Crippen LogP) is 12.4.